The highest BCUT2D eigenvalue weighted by atomic mass is 15.2. The number of nitrogens with two attached hydrogens (primary N) is 1. The lowest BCUT2D eigenvalue weighted by atomic mass is 9.87. The summed E-state index contributed by atoms with van der Waals surface area (Å²) < 4.78 is 0. The Morgan fingerprint density at radius 2 is 1.44 bits per heavy atom. The first kappa shape index (κ1) is 14.3. The van der Waals surface area contributed by atoms with Crippen molar-refractivity contribution in [1.29, 1.82) is 0 Å². The second kappa shape index (κ2) is 8.16. The van der Waals surface area contributed by atoms with Gasteiger partial charge in [-0.05, 0) is 51.1 Å². The van der Waals surface area contributed by atoms with Crippen LogP contribution < -0.4 is 5.73 Å². The highest BCUT2D eigenvalue weighted by Crippen LogP contribution is 2.28. The molecule has 2 nitrogen and oxygen atoms in total. The molecule has 0 unspecified atom stereocenters. The molecule has 2 rings (SSSR count). The minimum Gasteiger partial charge on any atom is -0.330 e. The summed E-state index contributed by atoms with van der Waals surface area (Å²) in [4.78, 5) is 2.81. The summed E-state index contributed by atoms with van der Waals surface area (Å²) in [6.07, 6.45) is 15.8. The van der Waals surface area contributed by atoms with E-state index in [-0.39, 0.29) is 0 Å². The summed E-state index contributed by atoms with van der Waals surface area (Å²) in [5.74, 6) is 0.985. The molecule has 0 spiro atoms. The van der Waals surface area contributed by atoms with Gasteiger partial charge in [0, 0.05) is 12.6 Å². The highest BCUT2D eigenvalue weighted by Gasteiger charge is 2.24. The van der Waals surface area contributed by atoms with Crippen molar-refractivity contribution in [1.82, 2.24) is 4.90 Å². The molecule has 0 atom stereocenters. The molecule has 2 N–H and O–H groups in total. The predicted octanol–water partition coefficient (Wildman–Crippen LogP) is 3.55. The zero-order valence-corrected chi connectivity index (χ0v) is 12.1. The maximum Gasteiger partial charge on any atom is 0.00953 e. The van der Waals surface area contributed by atoms with E-state index in [1.807, 2.05) is 0 Å². The van der Waals surface area contributed by atoms with Crippen LogP contribution in [0.2, 0.25) is 0 Å². The number of hydrogen-bond donors (Lipinski definition) is 1. The van der Waals surface area contributed by atoms with Gasteiger partial charge in [-0.15, -0.1) is 0 Å². The first-order chi connectivity index (χ1) is 8.90. The summed E-state index contributed by atoms with van der Waals surface area (Å²) >= 11 is 0. The van der Waals surface area contributed by atoms with Crippen molar-refractivity contribution in [3.8, 4) is 0 Å². The van der Waals surface area contributed by atoms with Gasteiger partial charge in [-0.3, -0.25) is 0 Å². The predicted molar refractivity (Wildman–Crippen MR) is 78.7 cm³/mol. The third kappa shape index (κ3) is 4.55. The molecular formula is C16H32N2. The lowest BCUT2D eigenvalue weighted by Gasteiger charge is -2.37. The topological polar surface area (TPSA) is 29.3 Å². The van der Waals surface area contributed by atoms with Crippen molar-refractivity contribution in [2.75, 3.05) is 19.6 Å². The van der Waals surface area contributed by atoms with Gasteiger partial charge in [-0.2, -0.15) is 0 Å². The molecule has 2 aliphatic rings. The molecule has 2 fully saturated rings. The molecule has 106 valence electrons. The van der Waals surface area contributed by atoms with Gasteiger partial charge in [0.15, 0.2) is 0 Å². The van der Waals surface area contributed by atoms with E-state index in [4.69, 9.17) is 5.73 Å². The molecule has 2 saturated carbocycles. The molecule has 2 aliphatic carbocycles. The molecule has 2 heteroatoms. The quantitative estimate of drug-likeness (QED) is 0.783. The maximum absolute atomic E-state index is 5.71. The minimum absolute atomic E-state index is 0.855. The number of nitrogens with zero attached hydrogens (tertiary/aromatic N) is 1. The summed E-state index contributed by atoms with van der Waals surface area (Å²) in [6.45, 7) is 3.47. The second-order valence-electron chi connectivity index (χ2n) is 6.43. The van der Waals surface area contributed by atoms with Crippen molar-refractivity contribution in [3.05, 3.63) is 0 Å². The molecule has 0 aromatic heterocycles. The lowest BCUT2D eigenvalue weighted by molar-refractivity contribution is 0.120. The van der Waals surface area contributed by atoms with Crippen molar-refractivity contribution in [2.24, 2.45) is 11.7 Å². The first-order valence-electron chi connectivity index (χ1n) is 8.34. The maximum atomic E-state index is 5.71. The smallest absolute Gasteiger partial charge is 0.00953 e. The van der Waals surface area contributed by atoms with Crippen LogP contribution in [0.4, 0.5) is 0 Å². The molecule has 0 aromatic rings. The van der Waals surface area contributed by atoms with Crippen LogP contribution in [0.5, 0.6) is 0 Å². The third-order valence-electron chi connectivity index (χ3n) is 4.96. The van der Waals surface area contributed by atoms with Crippen molar-refractivity contribution >= 4 is 0 Å². The van der Waals surface area contributed by atoms with E-state index in [0.29, 0.717) is 0 Å². The van der Waals surface area contributed by atoms with E-state index < -0.39 is 0 Å². The van der Waals surface area contributed by atoms with E-state index in [1.165, 1.54) is 83.7 Å². The minimum atomic E-state index is 0.855. The fourth-order valence-electron chi connectivity index (χ4n) is 3.86. The van der Waals surface area contributed by atoms with Gasteiger partial charge in [0.05, 0.1) is 0 Å². The molecule has 0 radical (unpaired) electrons. The van der Waals surface area contributed by atoms with E-state index in [0.717, 1.165) is 18.5 Å². The Balaban J connectivity index is 1.82. The van der Waals surface area contributed by atoms with Crippen LogP contribution in [-0.4, -0.2) is 30.6 Å². The van der Waals surface area contributed by atoms with Gasteiger partial charge < -0.3 is 10.6 Å². The standard InChI is InChI=1S/C16H32N2/c17-12-7-13-18(16-10-5-2-6-11-16)14-15-8-3-1-4-9-15/h15-16H,1-14,17H2. The summed E-state index contributed by atoms with van der Waals surface area (Å²) in [7, 11) is 0. The van der Waals surface area contributed by atoms with E-state index in [2.05, 4.69) is 4.90 Å². The number of rotatable bonds is 6. The Hall–Kier alpha value is -0.0800. The molecule has 0 aromatic carbocycles. The Kier molecular flexibility index (Phi) is 6.50. The molecule has 0 amide bonds. The Morgan fingerprint density at radius 1 is 0.833 bits per heavy atom. The molecule has 0 bridgehead atoms. The van der Waals surface area contributed by atoms with Gasteiger partial charge in [0.1, 0.15) is 0 Å². The fourth-order valence-corrected chi connectivity index (χ4v) is 3.86. The van der Waals surface area contributed by atoms with Crippen molar-refractivity contribution in [2.45, 2.75) is 76.7 Å². The fraction of sp³-hybridized carbons (Fsp3) is 1.00. The van der Waals surface area contributed by atoms with E-state index >= 15 is 0 Å². The van der Waals surface area contributed by atoms with Crippen LogP contribution in [-0.2, 0) is 0 Å². The molecular weight excluding hydrogens is 220 g/mol. The van der Waals surface area contributed by atoms with Crippen LogP contribution in [0.15, 0.2) is 0 Å². The van der Waals surface area contributed by atoms with Gasteiger partial charge in [-0.25, -0.2) is 0 Å². The van der Waals surface area contributed by atoms with Crippen LogP contribution >= 0.6 is 0 Å². The molecule has 0 aliphatic heterocycles. The van der Waals surface area contributed by atoms with Crippen molar-refractivity contribution < 1.29 is 0 Å². The third-order valence-corrected chi connectivity index (χ3v) is 4.96. The molecule has 0 saturated heterocycles. The van der Waals surface area contributed by atoms with Crippen LogP contribution in [0.3, 0.4) is 0 Å². The summed E-state index contributed by atoms with van der Waals surface area (Å²) in [5, 5.41) is 0. The monoisotopic (exact) mass is 252 g/mol. The highest BCUT2D eigenvalue weighted by molar-refractivity contribution is 4.79. The van der Waals surface area contributed by atoms with Gasteiger partial charge >= 0.3 is 0 Å². The van der Waals surface area contributed by atoms with Crippen LogP contribution in [0.25, 0.3) is 0 Å². The van der Waals surface area contributed by atoms with Crippen LogP contribution in [0.1, 0.15) is 70.6 Å². The lowest BCUT2D eigenvalue weighted by Crippen LogP contribution is -2.41. The second-order valence-corrected chi connectivity index (χ2v) is 6.43. The normalized spacial score (nSPS) is 23.7. The number of hydrogen-bond acceptors (Lipinski definition) is 2. The zero-order valence-electron chi connectivity index (χ0n) is 12.1. The van der Waals surface area contributed by atoms with Gasteiger partial charge in [0.25, 0.3) is 0 Å². The SMILES string of the molecule is NCCCN(CC1CCCCC1)C1CCCCC1. The van der Waals surface area contributed by atoms with E-state index in [9.17, 15) is 0 Å². The Morgan fingerprint density at radius 3 is 2.06 bits per heavy atom. The van der Waals surface area contributed by atoms with Gasteiger partial charge in [-0.1, -0.05) is 38.5 Å². The largest absolute Gasteiger partial charge is 0.330 e. The first-order valence-corrected chi connectivity index (χ1v) is 8.34. The molecule has 18 heavy (non-hydrogen) atoms. The van der Waals surface area contributed by atoms with Gasteiger partial charge in [0.2, 0.25) is 0 Å². The average Bonchev–Trinajstić information content (AvgIpc) is 2.45. The Bertz CT molecular complexity index is 205. The Labute approximate surface area is 113 Å². The van der Waals surface area contributed by atoms with Crippen molar-refractivity contribution in [3.63, 3.8) is 0 Å². The summed E-state index contributed by atoms with van der Waals surface area (Å²) in [6, 6.07) is 0.882. The zero-order chi connectivity index (χ0) is 12.6. The van der Waals surface area contributed by atoms with E-state index in [1.54, 1.807) is 0 Å². The summed E-state index contributed by atoms with van der Waals surface area (Å²) in [5.41, 5.74) is 5.71. The molecule has 0 heterocycles. The van der Waals surface area contributed by atoms with Crippen LogP contribution in [0, 0.1) is 5.92 Å². The average molecular weight is 252 g/mol.